The first-order valence-electron chi connectivity index (χ1n) is 7.34. The average molecular weight is 294 g/mol. The van der Waals surface area contributed by atoms with E-state index in [1.54, 1.807) is 20.2 Å². The van der Waals surface area contributed by atoms with Gasteiger partial charge in [0.1, 0.15) is 0 Å². The Morgan fingerprint density at radius 3 is 2.71 bits per heavy atom. The molecule has 0 fully saturated rings. The third-order valence-corrected chi connectivity index (χ3v) is 3.47. The number of aromatic nitrogens is 1. The molecule has 2 N–H and O–H groups in total. The minimum atomic E-state index is -0.736. The van der Waals surface area contributed by atoms with E-state index >= 15 is 0 Å². The molecule has 0 aliphatic heterocycles. The molecule has 1 aromatic heterocycles. The summed E-state index contributed by atoms with van der Waals surface area (Å²) < 4.78 is 10.5. The number of pyridine rings is 1. The maximum atomic E-state index is 12.5. The lowest BCUT2D eigenvalue weighted by molar-refractivity contribution is -0.156. The van der Waals surface area contributed by atoms with Crippen LogP contribution in [-0.4, -0.2) is 31.2 Å². The number of nitrogens with two attached hydrogens (primary N) is 1. The van der Waals surface area contributed by atoms with Gasteiger partial charge in [-0.15, -0.1) is 0 Å². The van der Waals surface area contributed by atoms with Gasteiger partial charge in [-0.05, 0) is 31.7 Å². The Morgan fingerprint density at radius 2 is 2.19 bits per heavy atom. The molecule has 1 rings (SSSR count). The summed E-state index contributed by atoms with van der Waals surface area (Å²) >= 11 is 0. The summed E-state index contributed by atoms with van der Waals surface area (Å²) in [5, 5.41) is 0. The Balaban J connectivity index is 3.13. The van der Waals surface area contributed by atoms with Crippen molar-refractivity contribution < 1.29 is 14.3 Å². The monoisotopic (exact) mass is 294 g/mol. The number of carbonyl (C=O) groups is 1. The van der Waals surface area contributed by atoms with E-state index in [0.29, 0.717) is 31.2 Å². The van der Waals surface area contributed by atoms with Crippen LogP contribution >= 0.6 is 0 Å². The van der Waals surface area contributed by atoms with E-state index in [2.05, 4.69) is 18.8 Å². The molecule has 5 heteroatoms. The Bertz CT molecular complexity index is 463. The number of esters is 1. The van der Waals surface area contributed by atoms with Gasteiger partial charge in [0.2, 0.25) is 5.88 Å². The minimum Gasteiger partial charge on any atom is -0.481 e. The molecular formula is C16H26N2O3. The molecular weight excluding hydrogens is 268 g/mol. The van der Waals surface area contributed by atoms with Crippen molar-refractivity contribution in [3.63, 3.8) is 0 Å². The number of hydrogen-bond acceptors (Lipinski definition) is 5. The fraction of sp³-hybridized carbons (Fsp3) is 0.625. The number of rotatable bonds is 8. The largest absolute Gasteiger partial charge is 0.481 e. The normalized spacial score (nSPS) is 13.8. The summed E-state index contributed by atoms with van der Waals surface area (Å²) in [6.07, 6.45) is 2.80. The highest BCUT2D eigenvalue weighted by Gasteiger charge is 2.40. The van der Waals surface area contributed by atoms with Crippen LogP contribution in [0.25, 0.3) is 0 Å². The summed E-state index contributed by atoms with van der Waals surface area (Å²) in [6, 6.07) is 3.75. The van der Waals surface area contributed by atoms with Crippen molar-refractivity contribution >= 4 is 5.97 Å². The van der Waals surface area contributed by atoms with E-state index in [1.807, 2.05) is 12.1 Å². The minimum absolute atomic E-state index is 0.238. The molecule has 1 aromatic rings. The lowest BCUT2D eigenvalue weighted by atomic mass is 9.75. The lowest BCUT2D eigenvalue weighted by Crippen LogP contribution is -2.43. The number of ether oxygens (including phenoxy) is 2. The van der Waals surface area contributed by atoms with Gasteiger partial charge in [-0.25, -0.2) is 4.98 Å². The molecule has 5 nitrogen and oxygen atoms in total. The average Bonchev–Trinajstić information content (AvgIpc) is 2.46. The van der Waals surface area contributed by atoms with Crippen LogP contribution in [-0.2, 0) is 16.0 Å². The second kappa shape index (κ2) is 7.98. The van der Waals surface area contributed by atoms with Gasteiger partial charge in [-0.1, -0.05) is 19.9 Å². The first kappa shape index (κ1) is 17.4. The summed E-state index contributed by atoms with van der Waals surface area (Å²) in [6.45, 7) is 6.54. The van der Waals surface area contributed by atoms with Crippen molar-refractivity contribution in [2.45, 2.75) is 33.6 Å². The quantitative estimate of drug-likeness (QED) is 0.744. The topological polar surface area (TPSA) is 74.4 Å². The van der Waals surface area contributed by atoms with Crippen molar-refractivity contribution in [2.75, 3.05) is 20.3 Å². The van der Waals surface area contributed by atoms with E-state index in [1.165, 1.54) is 0 Å². The first-order chi connectivity index (χ1) is 9.99. The Hall–Kier alpha value is -1.62. The fourth-order valence-electron chi connectivity index (χ4n) is 2.64. The van der Waals surface area contributed by atoms with Crippen LogP contribution in [0.5, 0.6) is 5.88 Å². The van der Waals surface area contributed by atoms with Crippen LogP contribution in [0.1, 0.15) is 32.8 Å². The van der Waals surface area contributed by atoms with Gasteiger partial charge in [0, 0.05) is 18.3 Å². The van der Waals surface area contributed by atoms with E-state index in [9.17, 15) is 4.79 Å². The Morgan fingerprint density at radius 1 is 1.48 bits per heavy atom. The zero-order valence-corrected chi connectivity index (χ0v) is 13.4. The van der Waals surface area contributed by atoms with E-state index < -0.39 is 5.41 Å². The predicted molar refractivity (Wildman–Crippen MR) is 82.1 cm³/mol. The number of nitrogens with zero attached hydrogens (tertiary/aromatic N) is 1. The highest BCUT2D eigenvalue weighted by Crippen LogP contribution is 2.33. The van der Waals surface area contributed by atoms with Crippen LogP contribution < -0.4 is 10.5 Å². The molecule has 1 unspecified atom stereocenters. The molecule has 1 atom stereocenters. The second-order valence-corrected chi connectivity index (χ2v) is 5.65. The van der Waals surface area contributed by atoms with Gasteiger partial charge in [-0.3, -0.25) is 4.79 Å². The fourth-order valence-corrected chi connectivity index (χ4v) is 2.64. The van der Waals surface area contributed by atoms with Gasteiger partial charge in [-0.2, -0.15) is 0 Å². The Kier molecular flexibility index (Phi) is 6.62. The van der Waals surface area contributed by atoms with E-state index in [4.69, 9.17) is 15.2 Å². The Labute approximate surface area is 126 Å². The van der Waals surface area contributed by atoms with Crippen molar-refractivity contribution in [3.8, 4) is 5.88 Å². The predicted octanol–water partition coefficient (Wildman–Crippen LogP) is 2.19. The molecule has 0 bridgehead atoms. The van der Waals surface area contributed by atoms with Crippen LogP contribution in [0, 0.1) is 11.3 Å². The molecule has 0 radical (unpaired) electrons. The summed E-state index contributed by atoms with van der Waals surface area (Å²) in [5.74, 6) is 0.621. The maximum absolute atomic E-state index is 12.5. The van der Waals surface area contributed by atoms with Gasteiger partial charge in [0.25, 0.3) is 0 Å². The van der Waals surface area contributed by atoms with E-state index in [0.717, 1.165) is 5.56 Å². The number of hydrogen-bond donors (Lipinski definition) is 1. The third-order valence-electron chi connectivity index (χ3n) is 3.47. The highest BCUT2D eigenvalue weighted by atomic mass is 16.5. The van der Waals surface area contributed by atoms with Crippen molar-refractivity contribution in [1.29, 1.82) is 0 Å². The SMILES string of the molecule is CCOC(=O)C(CN)(Cc1cccnc1OC)CC(C)C. The van der Waals surface area contributed by atoms with Crippen LogP contribution in [0.3, 0.4) is 0 Å². The lowest BCUT2D eigenvalue weighted by Gasteiger charge is -2.32. The summed E-state index contributed by atoms with van der Waals surface area (Å²) in [5.41, 5.74) is 6.10. The summed E-state index contributed by atoms with van der Waals surface area (Å²) in [4.78, 5) is 16.7. The zero-order chi connectivity index (χ0) is 15.9. The van der Waals surface area contributed by atoms with Crippen LogP contribution in [0.4, 0.5) is 0 Å². The summed E-state index contributed by atoms with van der Waals surface area (Å²) in [7, 11) is 1.57. The van der Waals surface area contributed by atoms with Crippen molar-refractivity contribution in [3.05, 3.63) is 23.9 Å². The molecule has 0 amide bonds. The van der Waals surface area contributed by atoms with Gasteiger partial charge < -0.3 is 15.2 Å². The molecule has 0 saturated heterocycles. The smallest absolute Gasteiger partial charge is 0.313 e. The number of methoxy groups -OCH3 is 1. The second-order valence-electron chi connectivity index (χ2n) is 5.65. The van der Waals surface area contributed by atoms with Gasteiger partial charge >= 0.3 is 5.97 Å². The van der Waals surface area contributed by atoms with E-state index in [-0.39, 0.29) is 12.5 Å². The maximum Gasteiger partial charge on any atom is 0.313 e. The first-order valence-corrected chi connectivity index (χ1v) is 7.34. The van der Waals surface area contributed by atoms with Gasteiger partial charge in [0.15, 0.2) is 0 Å². The molecule has 118 valence electrons. The number of carbonyl (C=O) groups excluding carboxylic acids is 1. The van der Waals surface area contributed by atoms with Crippen LogP contribution in [0.2, 0.25) is 0 Å². The molecule has 0 aromatic carbocycles. The highest BCUT2D eigenvalue weighted by molar-refractivity contribution is 5.77. The van der Waals surface area contributed by atoms with Crippen molar-refractivity contribution in [1.82, 2.24) is 4.98 Å². The zero-order valence-electron chi connectivity index (χ0n) is 13.4. The van der Waals surface area contributed by atoms with Gasteiger partial charge in [0.05, 0.1) is 19.1 Å². The molecule has 21 heavy (non-hydrogen) atoms. The third kappa shape index (κ3) is 4.43. The van der Waals surface area contributed by atoms with Crippen LogP contribution in [0.15, 0.2) is 18.3 Å². The molecule has 0 spiro atoms. The molecule has 0 aliphatic carbocycles. The molecule has 0 aliphatic rings. The standard InChI is InChI=1S/C16H26N2O3/c1-5-21-15(19)16(11-17,9-12(2)3)10-13-7-6-8-18-14(13)20-4/h6-8,12H,5,9-11,17H2,1-4H3. The molecule has 0 saturated carbocycles. The molecule has 1 heterocycles. The van der Waals surface area contributed by atoms with Crippen molar-refractivity contribution in [2.24, 2.45) is 17.1 Å².